The number of unbranched alkanes of at least 4 members (excludes halogenated alkanes) is 1. The molecule has 2 rings (SSSR count). The summed E-state index contributed by atoms with van der Waals surface area (Å²) in [4.78, 5) is 11.1. The van der Waals surface area contributed by atoms with Crippen LogP contribution in [0.5, 0.6) is 0 Å². The third-order valence-corrected chi connectivity index (χ3v) is 4.01. The van der Waals surface area contributed by atoms with Gasteiger partial charge in [0.1, 0.15) is 0 Å². The van der Waals surface area contributed by atoms with Crippen LogP contribution in [-0.2, 0) is 0 Å². The fraction of sp³-hybridized carbons (Fsp3) is 0.412. The van der Waals surface area contributed by atoms with Gasteiger partial charge >= 0.3 is 5.97 Å². The normalized spacial score (nSPS) is 18.6. The van der Waals surface area contributed by atoms with Crippen LogP contribution in [0.3, 0.4) is 0 Å². The van der Waals surface area contributed by atoms with Crippen molar-refractivity contribution >= 4 is 17.8 Å². The molecule has 0 saturated heterocycles. The Balaban J connectivity index is 2.42. The number of carboxylic acid groups (broad SMARTS) is 1. The van der Waals surface area contributed by atoms with Crippen molar-refractivity contribution in [2.75, 3.05) is 0 Å². The maximum absolute atomic E-state index is 11.1. The Morgan fingerprint density at radius 3 is 2.95 bits per heavy atom. The molecule has 0 bridgehead atoms. The molecule has 1 aromatic rings. The molecule has 4 nitrogen and oxygen atoms in total. The van der Waals surface area contributed by atoms with E-state index in [1.165, 1.54) is 5.57 Å². The van der Waals surface area contributed by atoms with Crippen LogP contribution >= 0.6 is 0 Å². The maximum atomic E-state index is 11.1. The van der Waals surface area contributed by atoms with Crippen LogP contribution in [0, 0.1) is 5.92 Å². The van der Waals surface area contributed by atoms with E-state index in [9.17, 15) is 4.79 Å². The van der Waals surface area contributed by atoms with Crippen LogP contribution in [0.2, 0.25) is 0 Å². The summed E-state index contributed by atoms with van der Waals surface area (Å²) in [5.74, 6) is -0.844. The molecule has 1 aliphatic carbocycles. The van der Waals surface area contributed by atoms with Gasteiger partial charge in [-0.3, -0.25) is 0 Å². The van der Waals surface area contributed by atoms with Gasteiger partial charge in [0.25, 0.3) is 0 Å². The van der Waals surface area contributed by atoms with Gasteiger partial charge in [-0.1, -0.05) is 31.1 Å². The predicted molar refractivity (Wildman–Crippen MR) is 82.8 cm³/mol. The lowest BCUT2D eigenvalue weighted by Gasteiger charge is -2.13. The van der Waals surface area contributed by atoms with Crippen molar-refractivity contribution in [3.63, 3.8) is 0 Å². The Labute approximate surface area is 124 Å². The number of nitrogens with zero attached hydrogens (tertiary/aromatic N) is 1. The van der Waals surface area contributed by atoms with Crippen LogP contribution in [0.25, 0.3) is 5.57 Å². The zero-order valence-corrected chi connectivity index (χ0v) is 12.2. The summed E-state index contributed by atoms with van der Waals surface area (Å²) >= 11 is 0. The number of benzene rings is 1. The van der Waals surface area contributed by atoms with Gasteiger partial charge in [-0.05, 0) is 49.0 Å². The van der Waals surface area contributed by atoms with E-state index in [0.29, 0.717) is 5.56 Å². The maximum Gasteiger partial charge on any atom is 0.335 e. The average molecular weight is 287 g/mol. The molecule has 0 radical (unpaired) electrons. The van der Waals surface area contributed by atoms with E-state index in [1.54, 1.807) is 24.4 Å². The number of hydrogen-bond donors (Lipinski definition) is 2. The quantitative estimate of drug-likeness (QED) is 0.468. The smallest absolute Gasteiger partial charge is 0.335 e. The summed E-state index contributed by atoms with van der Waals surface area (Å²) in [6, 6.07) is 7.03. The number of aromatic carboxylic acids is 1. The first-order chi connectivity index (χ1) is 10.2. The molecule has 1 unspecified atom stereocenters. The highest BCUT2D eigenvalue weighted by Crippen LogP contribution is 2.40. The van der Waals surface area contributed by atoms with Gasteiger partial charge in [0.2, 0.25) is 0 Å². The topological polar surface area (TPSA) is 69.9 Å². The van der Waals surface area contributed by atoms with Gasteiger partial charge < -0.3 is 10.3 Å². The first-order valence-corrected chi connectivity index (χ1v) is 7.40. The number of rotatable bonds is 6. The number of carbonyl (C=O) groups is 1. The summed E-state index contributed by atoms with van der Waals surface area (Å²) in [5.41, 5.74) is 3.73. The first-order valence-electron chi connectivity index (χ1n) is 7.40. The number of hydrogen-bond acceptors (Lipinski definition) is 3. The molecule has 1 atom stereocenters. The minimum atomic E-state index is -0.919. The molecule has 1 aromatic carbocycles. The van der Waals surface area contributed by atoms with E-state index >= 15 is 0 Å². The van der Waals surface area contributed by atoms with Gasteiger partial charge in [-0.2, -0.15) is 0 Å². The lowest BCUT2D eigenvalue weighted by Crippen LogP contribution is -2.03. The highest BCUT2D eigenvalue weighted by atomic mass is 16.4. The Hall–Kier alpha value is -2.10. The highest BCUT2D eigenvalue weighted by Gasteiger charge is 2.25. The summed E-state index contributed by atoms with van der Waals surface area (Å²) in [6.07, 6.45) is 6.75. The van der Waals surface area contributed by atoms with Crippen molar-refractivity contribution in [3.8, 4) is 0 Å². The third-order valence-electron chi connectivity index (χ3n) is 4.01. The van der Waals surface area contributed by atoms with Crippen LogP contribution in [0.1, 0.15) is 54.9 Å². The highest BCUT2D eigenvalue weighted by molar-refractivity contribution is 5.91. The van der Waals surface area contributed by atoms with Crippen LogP contribution in [0.15, 0.2) is 35.0 Å². The molecule has 0 amide bonds. The van der Waals surface area contributed by atoms with Crippen molar-refractivity contribution in [3.05, 3.63) is 41.0 Å². The molecule has 0 aromatic heterocycles. The lowest BCUT2D eigenvalue weighted by atomic mass is 9.92. The van der Waals surface area contributed by atoms with Gasteiger partial charge in [-0.15, -0.1) is 5.16 Å². The minimum Gasteiger partial charge on any atom is -0.478 e. The SMILES string of the molecule is CCCCC1=C(c2cccc(C(=O)O)c2)C(C=NO)CC1. The van der Waals surface area contributed by atoms with Crippen molar-refractivity contribution < 1.29 is 15.1 Å². The first kappa shape index (κ1) is 15.3. The largest absolute Gasteiger partial charge is 0.478 e. The zero-order chi connectivity index (χ0) is 15.2. The average Bonchev–Trinajstić information content (AvgIpc) is 2.88. The Morgan fingerprint density at radius 2 is 2.29 bits per heavy atom. The second-order valence-corrected chi connectivity index (χ2v) is 5.42. The van der Waals surface area contributed by atoms with Crippen LogP contribution < -0.4 is 0 Å². The zero-order valence-electron chi connectivity index (χ0n) is 12.2. The van der Waals surface area contributed by atoms with E-state index < -0.39 is 5.97 Å². The van der Waals surface area contributed by atoms with E-state index in [2.05, 4.69) is 12.1 Å². The molecule has 1 aliphatic rings. The standard InChI is InChI=1S/C17H21NO3/c1-2-3-5-12-8-9-15(11-18-21)16(12)13-6-4-7-14(10-13)17(19)20/h4,6-7,10-11,15,21H,2-3,5,8-9H2,1H3,(H,19,20). The summed E-state index contributed by atoms with van der Waals surface area (Å²) in [5, 5.41) is 21.2. The fourth-order valence-corrected chi connectivity index (χ4v) is 2.99. The third kappa shape index (κ3) is 3.51. The molecule has 21 heavy (non-hydrogen) atoms. The monoisotopic (exact) mass is 287 g/mol. The van der Waals surface area contributed by atoms with Crippen molar-refractivity contribution in [1.82, 2.24) is 0 Å². The van der Waals surface area contributed by atoms with Crippen molar-refractivity contribution in [1.29, 1.82) is 0 Å². The van der Waals surface area contributed by atoms with E-state index in [-0.39, 0.29) is 5.92 Å². The molecule has 0 fully saturated rings. The summed E-state index contributed by atoms with van der Waals surface area (Å²) < 4.78 is 0. The van der Waals surface area contributed by atoms with E-state index in [0.717, 1.165) is 43.2 Å². The Morgan fingerprint density at radius 1 is 1.48 bits per heavy atom. The summed E-state index contributed by atoms with van der Waals surface area (Å²) in [7, 11) is 0. The minimum absolute atomic E-state index is 0.0749. The van der Waals surface area contributed by atoms with E-state index in [4.69, 9.17) is 10.3 Å². The van der Waals surface area contributed by atoms with Crippen molar-refractivity contribution in [2.45, 2.75) is 39.0 Å². The van der Waals surface area contributed by atoms with Gasteiger partial charge in [-0.25, -0.2) is 4.79 Å². The molecule has 0 saturated carbocycles. The van der Waals surface area contributed by atoms with Crippen LogP contribution in [0.4, 0.5) is 0 Å². The van der Waals surface area contributed by atoms with Crippen LogP contribution in [-0.4, -0.2) is 22.5 Å². The lowest BCUT2D eigenvalue weighted by molar-refractivity contribution is 0.0697. The van der Waals surface area contributed by atoms with Gasteiger partial charge in [0.05, 0.1) is 11.8 Å². The molecule has 4 heteroatoms. The van der Waals surface area contributed by atoms with E-state index in [1.807, 2.05) is 6.07 Å². The Kier molecular flexibility index (Phi) is 5.14. The number of carboxylic acids is 1. The summed E-state index contributed by atoms with van der Waals surface area (Å²) in [6.45, 7) is 2.16. The molecule has 2 N–H and O–H groups in total. The number of oxime groups is 1. The predicted octanol–water partition coefficient (Wildman–Crippen LogP) is 4.20. The second-order valence-electron chi connectivity index (χ2n) is 5.42. The number of allylic oxidation sites excluding steroid dienone is 2. The van der Waals surface area contributed by atoms with Crippen molar-refractivity contribution in [2.24, 2.45) is 11.1 Å². The molecular weight excluding hydrogens is 266 g/mol. The Bertz CT molecular complexity index is 575. The second kappa shape index (κ2) is 7.07. The van der Waals surface area contributed by atoms with Gasteiger partial charge in [0, 0.05) is 5.92 Å². The molecule has 112 valence electrons. The molecule has 0 heterocycles. The molecule has 0 aliphatic heterocycles. The fourth-order valence-electron chi connectivity index (χ4n) is 2.99. The molecule has 0 spiro atoms. The molecular formula is C17H21NO3. The van der Waals surface area contributed by atoms with Gasteiger partial charge in [0.15, 0.2) is 0 Å².